The van der Waals surface area contributed by atoms with Crippen LogP contribution in [0.25, 0.3) is 54.8 Å². The van der Waals surface area contributed by atoms with Crippen molar-refractivity contribution in [1.29, 1.82) is 0 Å². The van der Waals surface area contributed by atoms with Gasteiger partial charge in [0.2, 0.25) is 0 Å². The summed E-state index contributed by atoms with van der Waals surface area (Å²) < 4.78 is 9.10. The first-order chi connectivity index (χ1) is 30.0. The highest BCUT2D eigenvalue weighted by Gasteiger charge is 2.39. The molecule has 0 aliphatic heterocycles. The van der Waals surface area contributed by atoms with Crippen molar-refractivity contribution in [3.63, 3.8) is 0 Å². The molecule has 1 heterocycles. The molecule has 0 fully saturated rings. The fourth-order valence-corrected chi connectivity index (χ4v) is 8.81. The Balaban J connectivity index is 1.11. The van der Waals surface area contributed by atoms with Gasteiger partial charge in [0.05, 0.1) is 44.1 Å². The van der Waals surface area contributed by atoms with Gasteiger partial charge in [0.25, 0.3) is 0 Å². The monoisotopic (exact) mass is 812 g/mol. The molecule has 0 N–H and O–H groups in total. The quantitative estimate of drug-likeness (QED) is 0.0989. The van der Waals surface area contributed by atoms with Gasteiger partial charge in [0.1, 0.15) is 11.0 Å². The van der Waals surface area contributed by atoms with E-state index in [0.717, 1.165) is 67.4 Å². The summed E-state index contributed by atoms with van der Waals surface area (Å²) in [6.07, 6.45) is 0. The second-order valence-electron chi connectivity index (χ2n) is 14.4. The zero-order chi connectivity index (χ0) is 41.5. The van der Waals surface area contributed by atoms with Crippen LogP contribution in [0.3, 0.4) is 0 Å². The molecular weight excluding hydrogens is 781 g/mol. The molecular formula is C50H32N6O4S. The van der Waals surface area contributed by atoms with Crippen molar-refractivity contribution in [2.75, 3.05) is 9.80 Å². The molecule has 0 saturated heterocycles. The number of hydrogen-bond donors (Lipinski definition) is 0. The standard InChI is InChI=1S/C50H32N6O4S/c57-55(58)49-45(35-25-29-39(30-26-35)53(37-17-3-1-4-18-37)43-23-11-15-33-13-7-9-21-41(33)43)47-48(52-61-51-47)46(50(49)56(59)60)36-27-31-40(32-28-36)54(38-19-5-2-6-20-38)44-24-12-16-34-14-8-10-22-42(34)44/h1-32H. The molecule has 0 atom stereocenters. The maximum absolute atomic E-state index is 13.1. The zero-order valence-corrected chi connectivity index (χ0v) is 33.0. The Morgan fingerprint density at radius 2 is 0.738 bits per heavy atom. The Morgan fingerprint density at radius 1 is 0.393 bits per heavy atom. The molecule has 9 aromatic carbocycles. The van der Waals surface area contributed by atoms with Crippen molar-refractivity contribution in [2.45, 2.75) is 0 Å². The van der Waals surface area contributed by atoms with Crippen LogP contribution >= 0.6 is 11.7 Å². The van der Waals surface area contributed by atoms with Gasteiger partial charge in [-0.25, -0.2) is 0 Å². The van der Waals surface area contributed by atoms with Gasteiger partial charge in [-0.15, -0.1) is 0 Å². The predicted molar refractivity (Wildman–Crippen MR) is 246 cm³/mol. The molecule has 0 spiro atoms. The first-order valence-electron chi connectivity index (χ1n) is 19.4. The van der Waals surface area contributed by atoms with Crippen LogP contribution in [0.5, 0.6) is 0 Å². The molecule has 0 amide bonds. The summed E-state index contributed by atoms with van der Waals surface area (Å²) in [7, 11) is 0. The Labute approximate surface area is 353 Å². The highest BCUT2D eigenvalue weighted by molar-refractivity contribution is 7.00. The van der Waals surface area contributed by atoms with Gasteiger partial charge in [0.15, 0.2) is 0 Å². The number of nitrogens with zero attached hydrogens (tertiary/aromatic N) is 6. The van der Waals surface area contributed by atoms with Crippen LogP contribution in [-0.4, -0.2) is 18.6 Å². The number of rotatable bonds is 10. The van der Waals surface area contributed by atoms with E-state index >= 15 is 0 Å². The Kier molecular flexibility index (Phi) is 9.39. The first kappa shape index (κ1) is 37.0. The van der Waals surface area contributed by atoms with Crippen LogP contribution in [0.4, 0.5) is 45.5 Å². The molecule has 11 heteroatoms. The molecule has 0 aliphatic carbocycles. The van der Waals surface area contributed by atoms with E-state index in [1.165, 1.54) is 0 Å². The molecule has 10 rings (SSSR count). The van der Waals surface area contributed by atoms with Gasteiger partial charge >= 0.3 is 11.4 Å². The molecule has 10 aromatic rings. The van der Waals surface area contributed by atoms with Crippen LogP contribution in [0, 0.1) is 20.2 Å². The molecule has 0 bridgehead atoms. The van der Waals surface area contributed by atoms with Crippen LogP contribution in [0.15, 0.2) is 194 Å². The highest BCUT2D eigenvalue weighted by Crippen LogP contribution is 2.51. The molecule has 61 heavy (non-hydrogen) atoms. The van der Waals surface area contributed by atoms with E-state index in [4.69, 9.17) is 0 Å². The minimum absolute atomic E-state index is 0.0370. The second kappa shape index (κ2) is 15.5. The third-order valence-electron chi connectivity index (χ3n) is 10.9. The molecule has 0 saturated carbocycles. The average molecular weight is 813 g/mol. The zero-order valence-electron chi connectivity index (χ0n) is 32.2. The van der Waals surface area contributed by atoms with Crippen LogP contribution in [0.1, 0.15) is 0 Å². The minimum Gasteiger partial charge on any atom is -0.310 e. The number of hydrogen-bond acceptors (Lipinski definition) is 9. The lowest BCUT2D eigenvalue weighted by Crippen LogP contribution is -2.10. The summed E-state index contributed by atoms with van der Waals surface area (Å²) in [5.41, 5.74) is 5.32. The summed E-state index contributed by atoms with van der Waals surface area (Å²) in [5.74, 6) is 0. The van der Waals surface area contributed by atoms with E-state index in [2.05, 4.69) is 67.1 Å². The maximum atomic E-state index is 13.1. The third-order valence-corrected chi connectivity index (χ3v) is 11.4. The van der Waals surface area contributed by atoms with Gasteiger partial charge in [-0.05, 0) is 82.6 Å². The smallest absolute Gasteiger partial charge is 0.310 e. The number of anilines is 6. The van der Waals surface area contributed by atoms with Gasteiger partial charge in [-0.3, -0.25) is 20.2 Å². The summed E-state index contributed by atoms with van der Waals surface area (Å²) in [5, 5.41) is 30.5. The van der Waals surface area contributed by atoms with Gasteiger partial charge in [-0.1, -0.05) is 133 Å². The molecule has 0 unspecified atom stereocenters. The van der Waals surface area contributed by atoms with E-state index in [1.807, 2.05) is 121 Å². The number of nitro benzene ring substituents is 2. The molecule has 292 valence electrons. The van der Waals surface area contributed by atoms with E-state index < -0.39 is 21.2 Å². The molecule has 0 aliphatic rings. The molecule has 1 aromatic heterocycles. The number of para-hydroxylation sites is 2. The normalized spacial score (nSPS) is 11.2. The van der Waals surface area contributed by atoms with Crippen molar-refractivity contribution >= 4 is 89.8 Å². The minimum atomic E-state index is -0.679. The van der Waals surface area contributed by atoms with E-state index in [1.54, 1.807) is 24.3 Å². The predicted octanol–water partition coefficient (Wildman–Crippen LogP) is 14.1. The number of benzene rings is 9. The fraction of sp³-hybridized carbons (Fsp3) is 0. The van der Waals surface area contributed by atoms with Crippen molar-refractivity contribution < 1.29 is 9.85 Å². The van der Waals surface area contributed by atoms with Crippen molar-refractivity contribution in [1.82, 2.24) is 8.75 Å². The Bertz CT molecular complexity index is 3040. The average Bonchev–Trinajstić information content (AvgIpc) is 3.80. The third kappa shape index (κ3) is 6.55. The lowest BCUT2D eigenvalue weighted by Gasteiger charge is -2.27. The Morgan fingerprint density at radius 3 is 1.13 bits per heavy atom. The van der Waals surface area contributed by atoms with Gasteiger partial charge in [0, 0.05) is 33.5 Å². The lowest BCUT2D eigenvalue weighted by atomic mass is 9.93. The van der Waals surface area contributed by atoms with Gasteiger partial charge in [-0.2, -0.15) is 8.75 Å². The maximum Gasteiger partial charge on any atom is 0.356 e. The van der Waals surface area contributed by atoms with Crippen LogP contribution in [-0.2, 0) is 0 Å². The van der Waals surface area contributed by atoms with Crippen molar-refractivity contribution in [3.05, 3.63) is 214 Å². The number of nitro groups is 2. The molecule has 0 radical (unpaired) electrons. The fourth-order valence-electron chi connectivity index (χ4n) is 8.25. The van der Waals surface area contributed by atoms with E-state index in [0.29, 0.717) is 11.1 Å². The second-order valence-corrected chi connectivity index (χ2v) is 14.9. The largest absolute Gasteiger partial charge is 0.356 e. The van der Waals surface area contributed by atoms with Crippen molar-refractivity contribution in [3.8, 4) is 22.3 Å². The number of fused-ring (bicyclic) bond motifs is 3. The van der Waals surface area contributed by atoms with E-state index in [-0.39, 0.29) is 22.2 Å². The number of aromatic nitrogens is 2. The summed E-state index contributed by atoms with van der Waals surface area (Å²) >= 11 is 0.857. The topological polar surface area (TPSA) is 119 Å². The SMILES string of the molecule is O=[N+]([O-])c1c([N+](=O)[O-])c(-c2ccc(N(c3ccccc3)c3cccc4ccccc34)cc2)c2nsnc2c1-c1ccc(N(c2ccccc2)c2cccc3ccccc23)cc1. The lowest BCUT2D eigenvalue weighted by molar-refractivity contribution is -0.421. The Hall–Kier alpha value is -8.28. The highest BCUT2D eigenvalue weighted by atomic mass is 32.1. The summed E-state index contributed by atoms with van der Waals surface area (Å²) in [6, 6.07) is 62.8. The molecule has 10 nitrogen and oxygen atoms in total. The van der Waals surface area contributed by atoms with E-state index in [9.17, 15) is 20.2 Å². The van der Waals surface area contributed by atoms with Crippen LogP contribution < -0.4 is 9.80 Å². The first-order valence-corrected chi connectivity index (χ1v) is 20.2. The summed E-state index contributed by atoms with van der Waals surface area (Å²) in [4.78, 5) is 29.2. The van der Waals surface area contributed by atoms with Crippen molar-refractivity contribution in [2.24, 2.45) is 0 Å². The van der Waals surface area contributed by atoms with Crippen LogP contribution in [0.2, 0.25) is 0 Å². The summed E-state index contributed by atoms with van der Waals surface area (Å²) in [6.45, 7) is 0. The van der Waals surface area contributed by atoms with Gasteiger partial charge < -0.3 is 9.80 Å².